The molecule has 0 aliphatic carbocycles. The lowest BCUT2D eigenvalue weighted by Gasteiger charge is -2.25. The minimum atomic E-state index is -2.68. The number of para-hydroxylation sites is 1. The minimum Gasteiger partial charge on any atom is -0.377 e. The topological polar surface area (TPSA) is 40.6 Å². The van der Waals surface area contributed by atoms with Crippen molar-refractivity contribution in [3.05, 3.63) is 53.6 Å². The number of nitrogens with zero attached hydrogens (tertiary/aromatic N) is 1. The van der Waals surface area contributed by atoms with Crippen LogP contribution in [-0.2, 0) is 19.3 Å². The molecule has 26 heavy (non-hydrogen) atoms. The van der Waals surface area contributed by atoms with Crippen LogP contribution in [0.2, 0.25) is 0 Å². The number of fused-ring (bicyclic) bond motifs is 1. The Labute approximate surface area is 167 Å². The molecule has 0 N–H and O–H groups in total. The molecular formula is C18H21NO3S3Si. The van der Waals surface area contributed by atoms with Gasteiger partial charge < -0.3 is 13.3 Å². The zero-order valence-corrected chi connectivity index (χ0v) is 18.6. The summed E-state index contributed by atoms with van der Waals surface area (Å²) in [7, 11) is 5.67. The summed E-state index contributed by atoms with van der Waals surface area (Å²) in [4.78, 5) is 5.88. The molecule has 0 fully saturated rings. The number of benzene rings is 2. The number of thiazole rings is 1. The number of aryl methyl sites for hydroxylation is 1. The molecule has 0 amide bonds. The van der Waals surface area contributed by atoms with Gasteiger partial charge >= 0.3 is 8.80 Å². The highest BCUT2D eigenvalue weighted by Crippen LogP contribution is 2.42. The standard InChI is InChI=1S/C18H21NO3S3Si/c1-13-9-10-16(14(11-13)12-26(20-2,21-3)22-4)24-25-18-19-15-7-5-6-8-17(15)23-18/h5-11H,12H2,1-4H3. The maximum absolute atomic E-state index is 5.61. The second-order valence-electron chi connectivity index (χ2n) is 5.70. The molecule has 0 aliphatic heterocycles. The maximum Gasteiger partial charge on any atom is 0.504 e. The van der Waals surface area contributed by atoms with Gasteiger partial charge in [-0.3, -0.25) is 0 Å². The smallest absolute Gasteiger partial charge is 0.377 e. The lowest BCUT2D eigenvalue weighted by molar-refractivity contribution is 0.122. The van der Waals surface area contributed by atoms with Crippen LogP contribution in [0.1, 0.15) is 11.1 Å². The van der Waals surface area contributed by atoms with E-state index in [0.29, 0.717) is 6.04 Å². The molecule has 2 aromatic carbocycles. The van der Waals surface area contributed by atoms with E-state index in [0.717, 1.165) is 9.86 Å². The summed E-state index contributed by atoms with van der Waals surface area (Å²) in [6.45, 7) is 2.09. The van der Waals surface area contributed by atoms with E-state index in [1.807, 2.05) is 18.2 Å². The quantitative estimate of drug-likeness (QED) is 0.359. The maximum atomic E-state index is 5.61. The molecule has 138 valence electrons. The van der Waals surface area contributed by atoms with Crippen molar-refractivity contribution in [1.29, 1.82) is 0 Å². The van der Waals surface area contributed by atoms with Crippen molar-refractivity contribution in [3.8, 4) is 0 Å². The molecule has 1 aromatic heterocycles. The third-order valence-electron chi connectivity index (χ3n) is 4.03. The molecule has 0 unspecified atom stereocenters. The molecule has 8 heteroatoms. The van der Waals surface area contributed by atoms with Crippen LogP contribution in [0, 0.1) is 6.92 Å². The zero-order chi connectivity index (χ0) is 18.6. The molecule has 0 radical (unpaired) electrons. The average molecular weight is 424 g/mol. The molecule has 4 nitrogen and oxygen atoms in total. The van der Waals surface area contributed by atoms with E-state index in [4.69, 9.17) is 18.3 Å². The third-order valence-corrected chi connectivity index (χ3v) is 10.5. The summed E-state index contributed by atoms with van der Waals surface area (Å²) in [5.74, 6) is 0. The highest BCUT2D eigenvalue weighted by molar-refractivity contribution is 8.77. The van der Waals surface area contributed by atoms with Gasteiger partial charge in [-0.25, -0.2) is 4.98 Å². The van der Waals surface area contributed by atoms with Gasteiger partial charge in [0.2, 0.25) is 0 Å². The molecule has 0 aliphatic rings. The Morgan fingerprint density at radius 1 is 1.00 bits per heavy atom. The van der Waals surface area contributed by atoms with Crippen molar-refractivity contribution in [2.45, 2.75) is 22.2 Å². The van der Waals surface area contributed by atoms with Crippen LogP contribution < -0.4 is 0 Å². The van der Waals surface area contributed by atoms with E-state index in [1.165, 1.54) is 20.7 Å². The molecule has 1 heterocycles. The van der Waals surface area contributed by atoms with Crippen molar-refractivity contribution in [2.24, 2.45) is 0 Å². The Morgan fingerprint density at radius 3 is 2.42 bits per heavy atom. The predicted octanol–water partition coefficient (Wildman–Crippen LogP) is 5.36. The van der Waals surface area contributed by atoms with Gasteiger partial charge in [-0.1, -0.05) is 29.8 Å². The van der Waals surface area contributed by atoms with Crippen molar-refractivity contribution in [1.82, 2.24) is 4.98 Å². The number of aromatic nitrogens is 1. The fourth-order valence-corrected chi connectivity index (χ4v) is 7.87. The molecule has 3 rings (SSSR count). The van der Waals surface area contributed by atoms with Gasteiger partial charge in [-0.05, 0) is 52.3 Å². The first-order valence-corrected chi connectivity index (χ1v) is 12.9. The SMILES string of the molecule is CO[Si](Cc1cc(C)ccc1SSc1nc2ccccc2s1)(OC)OC. The van der Waals surface area contributed by atoms with Gasteiger partial charge in [0.1, 0.15) is 0 Å². The summed E-state index contributed by atoms with van der Waals surface area (Å²) in [6.07, 6.45) is 0. The van der Waals surface area contributed by atoms with Crippen molar-refractivity contribution >= 4 is 51.9 Å². The minimum absolute atomic E-state index is 0.640. The summed E-state index contributed by atoms with van der Waals surface area (Å²) in [5, 5.41) is 0. The third kappa shape index (κ3) is 4.51. The van der Waals surface area contributed by atoms with E-state index in [-0.39, 0.29) is 0 Å². The van der Waals surface area contributed by atoms with Crippen LogP contribution in [0.4, 0.5) is 0 Å². The molecule has 0 saturated carbocycles. The molecule has 0 bridgehead atoms. The second kappa shape index (κ2) is 8.88. The van der Waals surface area contributed by atoms with Crippen molar-refractivity contribution in [2.75, 3.05) is 21.3 Å². The van der Waals surface area contributed by atoms with E-state index in [2.05, 4.69) is 31.2 Å². The number of rotatable bonds is 8. The van der Waals surface area contributed by atoms with E-state index >= 15 is 0 Å². The van der Waals surface area contributed by atoms with Gasteiger partial charge in [0.05, 0.1) is 10.2 Å². The summed E-state index contributed by atoms with van der Waals surface area (Å²) >= 11 is 1.72. The first kappa shape index (κ1) is 19.9. The number of hydrogen-bond acceptors (Lipinski definition) is 7. The molecular weight excluding hydrogens is 402 g/mol. The van der Waals surface area contributed by atoms with Crippen LogP contribution in [-0.4, -0.2) is 35.1 Å². The fourth-order valence-electron chi connectivity index (χ4n) is 2.59. The zero-order valence-electron chi connectivity index (χ0n) is 15.1. The first-order valence-electron chi connectivity index (χ1n) is 8.04. The molecule has 0 atom stereocenters. The number of hydrogen-bond donors (Lipinski definition) is 0. The lowest BCUT2D eigenvalue weighted by Crippen LogP contribution is -2.45. The Hall–Kier alpha value is -0.873. The average Bonchev–Trinajstić information content (AvgIpc) is 3.08. The lowest BCUT2D eigenvalue weighted by atomic mass is 10.2. The fraction of sp³-hybridized carbons (Fsp3) is 0.278. The van der Waals surface area contributed by atoms with Crippen LogP contribution in [0.3, 0.4) is 0 Å². The van der Waals surface area contributed by atoms with Gasteiger partial charge in [0.25, 0.3) is 0 Å². The Balaban J connectivity index is 1.81. The second-order valence-corrected chi connectivity index (χ2v) is 12.1. The summed E-state index contributed by atoms with van der Waals surface area (Å²) < 4.78 is 19.1. The molecule has 3 aromatic rings. The first-order chi connectivity index (χ1) is 12.6. The van der Waals surface area contributed by atoms with E-state index in [1.54, 1.807) is 54.3 Å². The largest absolute Gasteiger partial charge is 0.504 e. The molecule has 0 spiro atoms. The van der Waals surface area contributed by atoms with Gasteiger partial charge in [0, 0.05) is 32.3 Å². The Kier molecular flexibility index (Phi) is 6.79. The predicted molar refractivity (Wildman–Crippen MR) is 113 cm³/mol. The Bertz CT molecular complexity index is 842. The monoisotopic (exact) mass is 423 g/mol. The highest BCUT2D eigenvalue weighted by atomic mass is 33.1. The van der Waals surface area contributed by atoms with Crippen molar-refractivity contribution < 1.29 is 13.3 Å². The van der Waals surface area contributed by atoms with Crippen LogP contribution in [0.15, 0.2) is 51.7 Å². The highest BCUT2D eigenvalue weighted by Gasteiger charge is 2.38. The van der Waals surface area contributed by atoms with E-state index in [9.17, 15) is 0 Å². The van der Waals surface area contributed by atoms with Crippen LogP contribution >= 0.6 is 32.9 Å². The van der Waals surface area contributed by atoms with E-state index < -0.39 is 8.80 Å². The normalized spacial score (nSPS) is 12.0. The van der Waals surface area contributed by atoms with Crippen LogP contribution in [0.5, 0.6) is 0 Å². The van der Waals surface area contributed by atoms with Crippen molar-refractivity contribution in [3.63, 3.8) is 0 Å². The summed E-state index contributed by atoms with van der Waals surface area (Å²) in [5.41, 5.74) is 3.44. The van der Waals surface area contributed by atoms with Gasteiger partial charge in [0.15, 0.2) is 4.34 Å². The van der Waals surface area contributed by atoms with Gasteiger partial charge in [-0.2, -0.15) is 0 Å². The summed E-state index contributed by atoms with van der Waals surface area (Å²) in [6, 6.07) is 15.3. The molecule has 0 saturated heterocycles. The van der Waals surface area contributed by atoms with Gasteiger partial charge in [-0.15, -0.1) is 11.3 Å². The Morgan fingerprint density at radius 2 is 1.73 bits per heavy atom. The van der Waals surface area contributed by atoms with Crippen LogP contribution in [0.25, 0.3) is 10.2 Å².